The number of amides is 1. The predicted molar refractivity (Wildman–Crippen MR) is 84.3 cm³/mol. The molecule has 0 aromatic heterocycles. The van der Waals surface area contributed by atoms with Gasteiger partial charge in [0.2, 0.25) is 15.9 Å². The van der Waals surface area contributed by atoms with Crippen molar-refractivity contribution >= 4 is 15.9 Å². The molecule has 1 aromatic carbocycles. The lowest BCUT2D eigenvalue weighted by atomic mass is 10.1. The van der Waals surface area contributed by atoms with E-state index in [4.69, 9.17) is 0 Å². The van der Waals surface area contributed by atoms with E-state index in [1.54, 1.807) is 0 Å². The molecule has 6 heteroatoms. The highest BCUT2D eigenvalue weighted by molar-refractivity contribution is 7.88. The number of aryl methyl sites for hydroxylation is 1. The fourth-order valence-corrected chi connectivity index (χ4v) is 2.61. The van der Waals surface area contributed by atoms with Crippen molar-refractivity contribution in [2.75, 3.05) is 12.8 Å². The van der Waals surface area contributed by atoms with Gasteiger partial charge in [0.05, 0.1) is 12.8 Å². The summed E-state index contributed by atoms with van der Waals surface area (Å²) in [7, 11) is -3.46. The van der Waals surface area contributed by atoms with Gasteiger partial charge in [-0.1, -0.05) is 24.3 Å². The topological polar surface area (TPSA) is 66.5 Å². The summed E-state index contributed by atoms with van der Waals surface area (Å²) in [5.74, 6) is -0.304. The molecule has 0 aliphatic rings. The van der Waals surface area contributed by atoms with E-state index in [1.165, 1.54) is 4.31 Å². The predicted octanol–water partition coefficient (Wildman–Crippen LogP) is 1.67. The van der Waals surface area contributed by atoms with Gasteiger partial charge in [-0.05, 0) is 38.8 Å². The van der Waals surface area contributed by atoms with Crippen molar-refractivity contribution in [3.05, 3.63) is 35.4 Å². The molecule has 118 valence electrons. The maximum Gasteiger partial charge on any atom is 0.235 e. The minimum atomic E-state index is -3.46. The number of hydrogen-bond donors (Lipinski definition) is 1. The minimum Gasteiger partial charge on any atom is -0.350 e. The van der Waals surface area contributed by atoms with Crippen molar-refractivity contribution in [1.29, 1.82) is 0 Å². The average Bonchev–Trinajstić information content (AvgIpc) is 2.27. The summed E-state index contributed by atoms with van der Waals surface area (Å²) in [4.78, 5) is 12.0. The van der Waals surface area contributed by atoms with Gasteiger partial charge in [-0.3, -0.25) is 4.79 Å². The fourth-order valence-electron chi connectivity index (χ4n) is 1.89. The maximum atomic E-state index is 12.0. The van der Waals surface area contributed by atoms with Gasteiger partial charge in [-0.15, -0.1) is 0 Å². The molecule has 1 N–H and O–H groups in total. The molecule has 5 nitrogen and oxygen atoms in total. The lowest BCUT2D eigenvalue weighted by Crippen LogP contribution is -2.46. The Morgan fingerprint density at radius 3 is 2.29 bits per heavy atom. The highest BCUT2D eigenvalue weighted by Gasteiger charge is 2.23. The number of carbonyl (C=O) groups excluding carboxylic acids is 1. The van der Waals surface area contributed by atoms with Crippen molar-refractivity contribution < 1.29 is 13.2 Å². The van der Waals surface area contributed by atoms with Crippen LogP contribution in [0.5, 0.6) is 0 Å². The SMILES string of the molecule is Cc1ccccc1CN(CC(=O)NC(C)(C)C)S(C)(=O)=O. The molecule has 0 fully saturated rings. The van der Waals surface area contributed by atoms with Crippen molar-refractivity contribution in [3.8, 4) is 0 Å². The standard InChI is InChI=1S/C15H24N2O3S/c1-12-8-6-7-9-13(12)10-17(21(5,19)20)11-14(18)16-15(2,3)4/h6-9H,10-11H2,1-5H3,(H,16,18). The van der Waals surface area contributed by atoms with Gasteiger partial charge >= 0.3 is 0 Å². The van der Waals surface area contributed by atoms with Crippen LogP contribution in [-0.4, -0.2) is 37.0 Å². The molecule has 21 heavy (non-hydrogen) atoms. The van der Waals surface area contributed by atoms with E-state index < -0.39 is 10.0 Å². The van der Waals surface area contributed by atoms with Gasteiger partial charge in [0.1, 0.15) is 0 Å². The molecule has 0 aliphatic heterocycles. The molecule has 1 amide bonds. The summed E-state index contributed by atoms with van der Waals surface area (Å²) in [6, 6.07) is 7.55. The Bertz CT molecular complexity index is 604. The maximum absolute atomic E-state index is 12.0. The summed E-state index contributed by atoms with van der Waals surface area (Å²) < 4.78 is 25.0. The quantitative estimate of drug-likeness (QED) is 0.899. The van der Waals surface area contributed by atoms with Gasteiger partial charge in [0.25, 0.3) is 0 Å². The number of sulfonamides is 1. The normalized spacial score (nSPS) is 12.5. The van der Waals surface area contributed by atoms with Crippen LogP contribution < -0.4 is 5.32 Å². The fraction of sp³-hybridized carbons (Fsp3) is 0.533. The van der Waals surface area contributed by atoms with Crippen LogP contribution in [0.2, 0.25) is 0 Å². The largest absolute Gasteiger partial charge is 0.350 e. The molecule has 0 atom stereocenters. The molecule has 0 heterocycles. The van der Waals surface area contributed by atoms with Crippen molar-refractivity contribution in [3.63, 3.8) is 0 Å². The zero-order chi connectivity index (χ0) is 16.3. The average molecular weight is 312 g/mol. The van der Waals surface area contributed by atoms with Crippen molar-refractivity contribution in [1.82, 2.24) is 9.62 Å². The zero-order valence-electron chi connectivity index (χ0n) is 13.3. The van der Waals surface area contributed by atoms with E-state index in [-0.39, 0.29) is 24.5 Å². The highest BCUT2D eigenvalue weighted by Crippen LogP contribution is 2.13. The van der Waals surface area contributed by atoms with Crippen LogP contribution in [0.15, 0.2) is 24.3 Å². The van der Waals surface area contributed by atoms with E-state index in [1.807, 2.05) is 52.0 Å². The number of rotatable bonds is 5. The third kappa shape index (κ3) is 6.27. The Balaban J connectivity index is 2.89. The van der Waals surface area contributed by atoms with Crippen LogP contribution in [0.1, 0.15) is 31.9 Å². The van der Waals surface area contributed by atoms with Crippen LogP contribution in [-0.2, 0) is 21.4 Å². The van der Waals surface area contributed by atoms with Gasteiger partial charge in [0.15, 0.2) is 0 Å². The second-order valence-electron chi connectivity index (χ2n) is 6.26. The third-order valence-electron chi connectivity index (χ3n) is 2.91. The summed E-state index contributed by atoms with van der Waals surface area (Å²) in [5.41, 5.74) is 1.51. The second-order valence-corrected chi connectivity index (χ2v) is 8.24. The Labute approximate surface area is 127 Å². The van der Waals surface area contributed by atoms with Gasteiger partial charge in [-0.2, -0.15) is 4.31 Å². The van der Waals surface area contributed by atoms with Crippen LogP contribution in [0, 0.1) is 6.92 Å². The lowest BCUT2D eigenvalue weighted by molar-refractivity contribution is -0.122. The van der Waals surface area contributed by atoms with Crippen molar-refractivity contribution in [2.24, 2.45) is 0 Å². The number of carbonyl (C=O) groups is 1. The summed E-state index contributed by atoms with van der Waals surface area (Å²) in [5, 5.41) is 2.78. The van der Waals surface area contributed by atoms with E-state index in [0.29, 0.717) is 0 Å². The first-order valence-corrected chi connectivity index (χ1v) is 8.64. The highest BCUT2D eigenvalue weighted by atomic mass is 32.2. The lowest BCUT2D eigenvalue weighted by Gasteiger charge is -2.24. The molecule has 0 radical (unpaired) electrons. The van der Waals surface area contributed by atoms with Crippen LogP contribution in [0.3, 0.4) is 0 Å². The third-order valence-corrected chi connectivity index (χ3v) is 4.11. The summed E-state index contributed by atoms with van der Waals surface area (Å²) >= 11 is 0. The van der Waals surface area contributed by atoms with Crippen LogP contribution in [0.4, 0.5) is 0 Å². The Morgan fingerprint density at radius 2 is 1.81 bits per heavy atom. The molecule has 0 saturated heterocycles. The van der Waals surface area contributed by atoms with Crippen molar-refractivity contribution in [2.45, 2.75) is 39.8 Å². The van der Waals surface area contributed by atoms with Gasteiger partial charge in [-0.25, -0.2) is 8.42 Å². The van der Waals surface area contributed by atoms with Crippen LogP contribution in [0.25, 0.3) is 0 Å². The minimum absolute atomic E-state index is 0.176. The first-order chi connectivity index (χ1) is 9.49. The number of nitrogens with one attached hydrogen (secondary N) is 1. The molecule has 0 unspecified atom stereocenters. The molecule has 0 saturated carbocycles. The number of hydrogen-bond acceptors (Lipinski definition) is 3. The Morgan fingerprint density at radius 1 is 1.24 bits per heavy atom. The Kier molecular flexibility index (Phi) is 5.53. The monoisotopic (exact) mass is 312 g/mol. The number of benzene rings is 1. The molecular weight excluding hydrogens is 288 g/mol. The zero-order valence-corrected chi connectivity index (χ0v) is 14.1. The molecular formula is C15H24N2O3S. The van der Waals surface area contributed by atoms with E-state index >= 15 is 0 Å². The van der Waals surface area contributed by atoms with Gasteiger partial charge in [0, 0.05) is 12.1 Å². The molecule has 0 bridgehead atoms. The molecule has 1 aromatic rings. The van der Waals surface area contributed by atoms with Gasteiger partial charge < -0.3 is 5.32 Å². The smallest absolute Gasteiger partial charge is 0.235 e. The second kappa shape index (κ2) is 6.58. The summed E-state index contributed by atoms with van der Waals surface area (Å²) in [6.07, 6.45) is 1.12. The molecule has 0 aliphatic carbocycles. The van der Waals surface area contributed by atoms with E-state index in [9.17, 15) is 13.2 Å². The first-order valence-electron chi connectivity index (χ1n) is 6.80. The van der Waals surface area contributed by atoms with E-state index in [0.717, 1.165) is 17.4 Å². The Hall–Kier alpha value is -1.40. The number of nitrogens with zero attached hydrogens (tertiary/aromatic N) is 1. The molecule has 1 rings (SSSR count). The summed E-state index contributed by atoms with van der Waals surface area (Å²) in [6.45, 7) is 7.52. The van der Waals surface area contributed by atoms with E-state index in [2.05, 4.69) is 5.32 Å². The first kappa shape index (κ1) is 17.7. The van der Waals surface area contributed by atoms with Crippen LogP contribution >= 0.6 is 0 Å². The molecule has 0 spiro atoms.